The molecule has 0 bridgehead atoms. The van der Waals surface area contributed by atoms with Crippen molar-refractivity contribution in [3.8, 4) is 0 Å². The van der Waals surface area contributed by atoms with Crippen LogP contribution in [0.1, 0.15) is 67.6 Å². The Kier molecular flexibility index (Phi) is 8.19. The molecule has 37 heavy (non-hydrogen) atoms. The number of nitrogens with one attached hydrogen (secondary N) is 1. The van der Waals surface area contributed by atoms with Crippen LogP contribution < -0.4 is 5.32 Å². The van der Waals surface area contributed by atoms with Gasteiger partial charge in [-0.2, -0.15) is 0 Å². The number of nitrogens with zero attached hydrogens (tertiary/aromatic N) is 2. The number of amides is 1. The number of benzene rings is 3. The Bertz CT molecular complexity index is 1270. The van der Waals surface area contributed by atoms with Gasteiger partial charge in [-0.15, -0.1) is 0 Å². The van der Waals surface area contributed by atoms with Crippen LogP contribution in [0.4, 0.5) is 11.4 Å². The van der Waals surface area contributed by atoms with Crippen molar-refractivity contribution in [3.63, 3.8) is 0 Å². The SMILES string of the molecule is CCOC(=O)c1ccc2c(c1)NC(=O)C2C(=Nc1ccc(CN(C(C)C)C(C)C)cc1)c1ccccc1. The molecule has 0 spiro atoms. The van der Waals surface area contributed by atoms with Crippen LogP contribution in [0.15, 0.2) is 77.8 Å². The molecule has 0 radical (unpaired) electrons. The summed E-state index contributed by atoms with van der Waals surface area (Å²) in [7, 11) is 0. The lowest BCUT2D eigenvalue weighted by Crippen LogP contribution is -2.36. The predicted octanol–water partition coefficient (Wildman–Crippen LogP) is 6.34. The van der Waals surface area contributed by atoms with Gasteiger partial charge in [0.05, 0.1) is 23.6 Å². The third-order valence-electron chi connectivity index (χ3n) is 6.62. The molecular formula is C31H35N3O3. The second-order valence-corrected chi connectivity index (χ2v) is 9.83. The van der Waals surface area contributed by atoms with E-state index in [1.165, 1.54) is 5.56 Å². The first-order valence-corrected chi connectivity index (χ1v) is 12.9. The maximum Gasteiger partial charge on any atom is 0.338 e. The van der Waals surface area contributed by atoms with Crippen LogP contribution in [0.25, 0.3) is 0 Å². The summed E-state index contributed by atoms with van der Waals surface area (Å²) in [6.45, 7) is 11.8. The summed E-state index contributed by atoms with van der Waals surface area (Å²) in [4.78, 5) is 32.9. The monoisotopic (exact) mass is 497 g/mol. The number of aliphatic imine (C=N–C) groups is 1. The maximum atomic E-state index is 13.2. The molecule has 1 unspecified atom stereocenters. The van der Waals surface area contributed by atoms with Gasteiger partial charge in [-0.3, -0.25) is 14.7 Å². The Labute approximate surface area is 219 Å². The van der Waals surface area contributed by atoms with Crippen molar-refractivity contribution in [1.29, 1.82) is 0 Å². The summed E-state index contributed by atoms with van der Waals surface area (Å²) >= 11 is 0. The molecule has 0 saturated carbocycles. The average molecular weight is 498 g/mol. The number of hydrogen-bond donors (Lipinski definition) is 1. The minimum absolute atomic E-state index is 0.167. The van der Waals surface area contributed by atoms with Crippen LogP contribution in [-0.4, -0.2) is 41.2 Å². The zero-order valence-corrected chi connectivity index (χ0v) is 22.2. The highest BCUT2D eigenvalue weighted by Gasteiger charge is 2.36. The van der Waals surface area contributed by atoms with E-state index in [0.717, 1.165) is 23.4 Å². The Morgan fingerprint density at radius 3 is 2.24 bits per heavy atom. The molecule has 0 aliphatic carbocycles. The van der Waals surface area contributed by atoms with Crippen LogP contribution in [0.5, 0.6) is 0 Å². The lowest BCUT2D eigenvalue weighted by atomic mass is 9.90. The van der Waals surface area contributed by atoms with Crippen molar-refractivity contribution in [2.75, 3.05) is 11.9 Å². The number of carbonyl (C=O) groups is 2. The summed E-state index contributed by atoms with van der Waals surface area (Å²) in [6.07, 6.45) is 0. The van der Waals surface area contributed by atoms with Gasteiger partial charge in [-0.25, -0.2) is 4.79 Å². The van der Waals surface area contributed by atoms with Crippen LogP contribution in [0.3, 0.4) is 0 Å². The zero-order chi connectivity index (χ0) is 26.5. The molecule has 0 saturated heterocycles. The second-order valence-electron chi connectivity index (χ2n) is 9.83. The van der Waals surface area contributed by atoms with Gasteiger partial charge in [0, 0.05) is 24.3 Å². The normalized spacial score (nSPS) is 15.3. The first-order valence-electron chi connectivity index (χ1n) is 12.9. The number of anilines is 1. The topological polar surface area (TPSA) is 71.0 Å². The molecule has 1 heterocycles. The fourth-order valence-corrected chi connectivity index (χ4v) is 4.77. The fraction of sp³-hybridized carbons (Fsp3) is 0.323. The van der Waals surface area contributed by atoms with Gasteiger partial charge >= 0.3 is 5.97 Å². The van der Waals surface area contributed by atoms with Gasteiger partial charge in [0.25, 0.3) is 0 Å². The lowest BCUT2D eigenvalue weighted by Gasteiger charge is -2.30. The molecular weight excluding hydrogens is 462 g/mol. The summed E-state index contributed by atoms with van der Waals surface area (Å²) < 4.78 is 5.12. The van der Waals surface area contributed by atoms with E-state index in [1.807, 2.05) is 48.5 Å². The van der Waals surface area contributed by atoms with Gasteiger partial charge < -0.3 is 10.1 Å². The summed E-state index contributed by atoms with van der Waals surface area (Å²) in [5.74, 6) is -1.17. The third-order valence-corrected chi connectivity index (χ3v) is 6.62. The van der Waals surface area contributed by atoms with Crippen molar-refractivity contribution < 1.29 is 14.3 Å². The lowest BCUT2D eigenvalue weighted by molar-refractivity contribution is -0.115. The molecule has 0 aromatic heterocycles. The van der Waals surface area contributed by atoms with E-state index >= 15 is 0 Å². The molecule has 192 valence electrons. The minimum atomic E-state index is -0.592. The van der Waals surface area contributed by atoms with Crippen molar-refractivity contribution in [2.45, 2.75) is 59.2 Å². The highest BCUT2D eigenvalue weighted by atomic mass is 16.5. The average Bonchev–Trinajstić information content (AvgIpc) is 3.21. The Balaban J connectivity index is 1.69. The molecule has 6 heteroatoms. The Hall–Kier alpha value is -3.77. The van der Waals surface area contributed by atoms with E-state index in [4.69, 9.17) is 9.73 Å². The standard InChI is InChI=1S/C31H35N3O3/c1-6-37-31(36)24-14-17-26-27(18-24)33-30(35)28(26)29(23-10-8-7-9-11-23)32-25-15-12-22(13-16-25)19-34(20(2)3)21(4)5/h7-18,20-21,28H,6,19H2,1-5H3,(H,33,35). The summed E-state index contributed by atoms with van der Waals surface area (Å²) in [6, 6.07) is 24.1. The van der Waals surface area contributed by atoms with E-state index in [0.29, 0.717) is 35.7 Å². The van der Waals surface area contributed by atoms with E-state index < -0.39 is 11.9 Å². The maximum absolute atomic E-state index is 13.2. The summed E-state index contributed by atoms with van der Waals surface area (Å²) in [5.41, 5.74) is 5.36. The van der Waals surface area contributed by atoms with E-state index in [1.54, 1.807) is 19.1 Å². The molecule has 1 aliphatic heterocycles. The molecule has 1 atom stereocenters. The Morgan fingerprint density at radius 2 is 1.62 bits per heavy atom. The number of hydrogen-bond acceptors (Lipinski definition) is 5. The van der Waals surface area contributed by atoms with E-state index in [-0.39, 0.29) is 5.91 Å². The Morgan fingerprint density at radius 1 is 0.946 bits per heavy atom. The number of rotatable bonds is 9. The highest BCUT2D eigenvalue weighted by Crippen LogP contribution is 2.37. The zero-order valence-electron chi connectivity index (χ0n) is 22.2. The van der Waals surface area contributed by atoms with Crippen LogP contribution in [0, 0.1) is 0 Å². The predicted molar refractivity (Wildman–Crippen MR) is 149 cm³/mol. The quantitative estimate of drug-likeness (QED) is 0.277. The van der Waals surface area contributed by atoms with Gasteiger partial charge in [-0.1, -0.05) is 48.5 Å². The van der Waals surface area contributed by atoms with Gasteiger partial charge in [-0.05, 0) is 75.6 Å². The van der Waals surface area contributed by atoms with Gasteiger partial charge in [0.15, 0.2) is 0 Å². The molecule has 6 nitrogen and oxygen atoms in total. The number of fused-ring (bicyclic) bond motifs is 1. The van der Waals surface area contributed by atoms with Crippen LogP contribution in [-0.2, 0) is 16.1 Å². The van der Waals surface area contributed by atoms with Crippen molar-refractivity contribution in [3.05, 3.63) is 95.1 Å². The molecule has 4 rings (SSSR count). The van der Waals surface area contributed by atoms with Crippen LogP contribution >= 0.6 is 0 Å². The highest BCUT2D eigenvalue weighted by molar-refractivity contribution is 6.24. The first-order chi connectivity index (χ1) is 17.8. The van der Waals surface area contributed by atoms with Crippen molar-refractivity contribution in [1.82, 2.24) is 4.90 Å². The number of carbonyl (C=O) groups excluding carboxylic acids is 2. The first kappa shape index (κ1) is 26.3. The van der Waals surface area contributed by atoms with Gasteiger partial charge in [0.1, 0.15) is 5.92 Å². The number of esters is 1. The van der Waals surface area contributed by atoms with Crippen molar-refractivity contribution in [2.24, 2.45) is 4.99 Å². The second kappa shape index (κ2) is 11.5. The fourth-order valence-electron chi connectivity index (χ4n) is 4.77. The smallest absolute Gasteiger partial charge is 0.338 e. The van der Waals surface area contributed by atoms with Crippen LogP contribution in [0.2, 0.25) is 0 Å². The molecule has 3 aromatic rings. The minimum Gasteiger partial charge on any atom is -0.462 e. The molecule has 1 N–H and O–H groups in total. The van der Waals surface area contributed by atoms with Gasteiger partial charge in [0.2, 0.25) is 5.91 Å². The summed E-state index contributed by atoms with van der Waals surface area (Å²) in [5, 5.41) is 2.94. The molecule has 1 aliphatic rings. The molecule has 1 amide bonds. The third kappa shape index (κ3) is 5.97. The van der Waals surface area contributed by atoms with E-state index in [2.05, 4.69) is 50.0 Å². The van der Waals surface area contributed by atoms with E-state index in [9.17, 15) is 9.59 Å². The molecule has 0 fully saturated rings. The number of ether oxygens (including phenoxy) is 1. The van der Waals surface area contributed by atoms with Crippen molar-refractivity contribution >= 4 is 29.0 Å². The largest absolute Gasteiger partial charge is 0.462 e. The molecule has 3 aromatic carbocycles.